The van der Waals surface area contributed by atoms with Crippen molar-refractivity contribution in [2.24, 2.45) is 0 Å². The molecule has 2 aromatic carbocycles. The highest BCUT2D eigenvalue weighted by atomic mass is 32.2. The highest BCUT2D eigenvalue weighted by molar-refractivity contribution is 7.89. The molecule has 6 nitrogen and oxygen atoms in total. The molecule has 4 rings (SSSR count). The maximum absolute atomic E-state index is 13.3. The molecule has 0 bridgehead atoms. The van der Waals surface area contributed by atoms with Crippen molar-refractivity contribution in [3.8, 4) is 0 Å². The van der Waals surface area contributed by atoms with E-state index in [9.17, 15) is 13.2 Å². The maximum atomic E-state index is 13.3. The number of hydrogen-bond donors (Lipinski definition) is 0. The molecule has 1 aromatic heterocycles. The van der Waals surface area contributed by atoms with Crippen LogP contribution in [0.3, 0.4) is 0 Å². The third-order valence-corrected chi connectivity index (χ3v) is 7.24. The first-order chi connectivity index (χ1) is 13.9. The van der Waals surface area contributed by atoms with Crippen LogP contribution in [0.25, 0.3) is 10.9 Å². The number of rotatable bonds is 4. The van der Waals surface area contributed by atoms with Crippen molar-refractivity contribution in [1.29, 1.82) is 0 Å². The molecule has 7 heteroatoms. The number of para-hydroxylation sites is 1. The molecule has 1 aliphatic heterocycles. The summed E-state index contributed by atoms with van der Waals surface area (Å²) in [7, 11) is -3.63. The Kier molecular flexibility index (Phi) is 5.10. The average Bonchev–Trinajstić information content (AvgIpc) is 2.73. The van der Waals surface area contributed by atoms with E-state index in [1.807, 2.05) is 43.3 Å². The summed E-state index contributed by atoms with van der Waals surface area (Å²) in [6, 6.07) is 14.7. The Bertz CT molecular complexity index is 1170. The van der Waals surface area contributed by atoms with Crippen LogP contribution in [-0.4, -0.2) is 49.7 Å². The van der Waals surface area contributed by atoms with E-state index in [-0.39, 0.29) is 10.7 Å². The number of aromatic nitrogens is 1. The Morgan fingerprint density at radius 3 is 2.34 bits per heavy atom. The summed E-state index contributed by atoms with van der Waals surface area (Å²) < 4.78 is 28.1. The van der Waals surface area contributed by atoms with Crippen LogP contribution in [0.2, 0.25) is 0 Å². The van der Waals surface area contributed by atoms with E-state index in [1.54, 1.807) is 25.3 Å². The van der Waals surface area contributed by atoms with E-state index < -0.39 is 10.0 Å². The number of ketones is 1. The van der Waals surface area contributed by atoms with Crippen LogP contribution in [0.15, 0.2) is 59.6 Å². The van der Waals surface area contributed by atoms with Gasteiger partial charge in [-0.25, -0.2) is 8.42 Å². The van der Waals surface area contributed by atoms with Gasteiger partial charge in [-0.1, -0.05) is 12.1 Å². The quantitative estimate of drug-likeness (QED) is 0.619. The summed E-state index contributed by atoms with van der Waals surface area (Å²) in [4.78, 5) is 18.2. The second-order valence-corrected chi connectivity index (χ2v) is 9.24. The lowest BCUT2D eigenvalue weighted by atomic mass is 10.1. The van der Waals surface area contributed by atoms with Crippen molar-refractivity contribution >= 4 is 32.4 Å². The molecule has 1 fully saturated rings. The number of nitrogens with zero attached hydrogens (tertiary/aromatic N) is 3. The predicted molar refractivity (Wildman–Crippen MR) is 114 cm³/mol. The number of anilines is 1. The number of Topliss-reactive ketones (excluding diaryl/α,β-unsaturated/α-hetero) is 1. The summed E-state index contributed by atoms with van der Waals surface area (Å²) in [5.74, 6) is 0.0337. The molecule has 0 unspecified atom stereocenters. The monoisotopic (exact) mass is 409 g/mol. The van der Waals surface area contributed by atoms with Crippen LogP contribution in [0.4, 0.5) is 5.69 Å². The maximum Gasteiger partial charge on any atom is 0.245 e. The van der Waals surface area contributed by atoms with Crippen molar-refractivity contribution in [3.05, 3.63) is 65.9 Å². The summed E-state index contributed by atoms with van der Waals surface area (Å²) in [5.41, 5.74) is 3.18. The number of aryl methyl sites for hydroxylation is 1. The van der Waals surface area contributed by atoms with Crippen molar-refractivity contribution in [2.75, 3.05) is 31.1 Å². The molecule has 150 valence electrons. The van der Waals surface area contributed by atoms with E-state index in [0.717, 1.165) is 16.6 Å². The van der Waals surface area contributed by atoms with Crippen molar-refractivity contribution in [2.45, 2.75) is 18.7 Å². The minimum atomic E-state index is -3.63. The molecule has 0 amide bonds. The van der Waals surface area contributed by atoms with E-state index in [2.05, 4.69) is 9.88 Å². The van der Waals surface area contributed by atoms with Crippen molar-refractivity contribution in [1.82, 2.24) is 9.29 Å². The second-order valence-electron chi connectivity index (χ2n) is 7.33. The second kappa shape index (κ2) is 7.57. The SMILES string of the molecule is CC(=O)c1ccc(N2CCN(S(=O)(=O)c3cccc4cc(C)cnc34)CC2)cc1. The summed E-state index contributed by atoms with van der Waals surface area (Å²) in [6.07, 6.45) is 1.70. The van der Waals surface area contributed by atoms with Crippen molar-refractivity contribution < 1.29 is 13.2 Å². The van der Waals surface area contributed by atoms with Gasteiger partial charge in [0.2, 0.25) is 10.0 Å². The summed E-state index contributed by atoms with van der Waals surface area (Å²) in [6.45, 7) is 5.47. The van der Waals surface area contributed by atoms with Crippen LogP contribution in [0.5, 0.6) is 0 Å². The van der Waals surface area contributed by atoms with E-state index in [1.165, 1.54) is 4.31 Å². The molecule has 0 spiro atoms. The smallest absolute Gasteiger partial charge is 0.245 e. The zero-order chi connectivity index (χ0) is 20.6. The van der Waals surface area contributed by atoms with Gasteiger partial charge in [0.05, 0.1) is 5.52 Å². The van der Waals surface area contributed by atoms with Crippen LogP contribution in [0, 0.1) is 6.92 Å². The number of carbonyl (C=O) groups excluding carboxylic acids is 1. The first-order valence-corrected chi connectivity index (χ1v) is 11.0. The van der Waals surface area contributed by atoms with Gasteiger partial charge < -0.3 is 4.90 Å². The van der Waals surface area contributed by atoms with Gasteiger partial charge in [-0.2, -0.15) is 4.31 Å². The Hall–Kier alpha value is -2.77. The number of benzene rings is 2. The molecule has 29 heavy (non-hydrogen) atoms. The zero-order valence-electron chi connectivity index (χ0n) is 16.5. The lowest BCUT2D eigenvalue weighted by Crippen LogP contribution is -2.48. The highest BCUT2D eigenvalue weighted by Gasteiger charge is 2.30. The topological polar surface area (TPSA) is 70.6 Å². The van der Waals surface area contributed by atoms with Gasteiger partial charge in [0.15, 0.2) is 5.78 Å². The van der Waals surface area contributed by atoms with Gasteiger partial charge in [0, 0.05) is 49.0 Å². The fourth-order valence-electron chi connectivity index (χ4n) is 3.68. The number of sulfonamides is 1. The Balaban J connectivity index is 1.54. The van der Waals surface area contributed by atoms with Crippen LogP contribution >= 0.6 is 0 Å². The molecule has 0 atom stereocenters. The van der Waals surface area contributed by atoms with Crippen LogP contribution in [-0.2, 0) is 10.0 Å². The molecule has 0 aliphatic carbocycles. The van der Waals surface area contributed by atoms with Gasteiger partial charge in [-0.15, -0.1) is 0 Å². The largest absolute Gasteiger partial charge is 0.369 e. The fraction of sp³-hybridized carbons (Fsp3) is 0.273. The first kappa shape index (κ1) is 19.5. The molecule has 3 aromatic rings. The number of carbonyl (C=O) groups is 1. The summed E-state index contributed by atoms with van der Waals surface area (Å²) >= 11 is 0. The molecule has 0 N–H and O–H groups in total. The van der Waals surface area contributed by atoms with Gasteiger partial charge in [0.1, 0.15) is 4.90 Å². The standard InChI is InChI=1S/C22H23N3O3S/c1-16-14-19-4-3-5-21(22(19)23-15-16)29(27,28)25-12-10-24(11-13-25)20-8-6-18(7-9-20)17(2)26/h3-9,14-15H,10-13H2,1-2H3. The predicted octanol–water partition coefficient (Wildman–Crippen LogP) is 3.26. The zero-order valence-corrected chi connectivity index (χ0v) is 17.3. The van der Waals surface area contributed by atoms with Gasteiger partial charge in [-0.05, 0) is 55.8 Å². The first-order valence-electron chi connectivity index (χ1n) is 9.58. The average molecular weight is 410 g/mol. The van der Waals surface area contributed by atoms with Gasteiger partial charge in [-0.3, -0.25) is 9.78 Å². The Morgan fingerprint density at radius 1 is 1.00 bits per heavy atom. The highest BCUT2D eigenvalue weighted by Crippen LogP contribution is 2.26. The third-order valence-electron chi connectivity index (χ3n) is 5.31. The molecule has 0 radical (unpaired) electrons. The van der Waals surface area contributed by atoms with E-state index in [0.29, 0.717) is 37.3 Å². The van der Waals surface area contributed by atoms with E-state index in [4.69, 9.17) is 0 Å². The molecular formula is C22H23N3O3S. The normalized spacial score (nSPS) is 15.6. The van der Waals surface area contributed by atoms with Crippen LogP contribution in [0.1, 0.15) is 22.8 Å². The third kappa shape index (κ3) is 3.75. The molecule has 0 saturated carbocycles. The van der Waals surface area contributed by atoms with Crippen molar-refractivity contribution in [3.63, 3.8) is 0 Å². The fourth-order valence-corrected chi connectivity index (χ4v) is 5.27. The molecule has 1 aliphatic rings. The minimum absolute atomic E-state index is 0.0337. The molecular weight excluding hydrogens is 386 g/mol. The number of piperazine rings is 1. The lowest BCUT2D eigenvalue weighted by molar-refractivity contribution is 0.101. The Morgan fingerprint density at radius 2 is 1.69 bits per heavy atom. The van der Waals surface area contributed by atoms with Gasteiger partial charge in [0.25, 0.3) is 0 Å². The van der Waals surface area contributed by atoms with E-state index >= 15 is 0 Å². The lowest BCUT2D eigenvalue weighted by Gasteiger charge is -2.35. The van der Waals surface area contributed by atoms with Crippen LogP contribution < -0.4 is 4.90 Å². The molecule has 1 saturated heterocycles. The minimum Gasteiger partial charge on any atom is -0.369 e. The number of fused-ring (bicyclic) bond motifs is 1. The van der Waals surface area contributed by atoms with Gasteiger partial charge >= 0.3 is 0 Å². The number of hydrogen-bond acceptors (Lipinski definition) is 5. The Labute approximate surface area is 170 Å². The molecule has 2 heterocycles. The summed E-state index contributed by atoms with van der Waals surface area (Å²) in [5, 5.41) is 0.829. The number of pyridine rings is 1.